The first-order valence-electron chi connectivity index (χ1n) is 4.16. The number of aromatic nitrogens is 1. The average molecular weight is 307 g/mol. The van der Waals surface area contributed by atoms with Gasteiger partial charge in [-0.1, -0.05) is 11.6 Å². The Morgan fingerprint density at radius 3 is 2.80 bits per heavy atom. The lowest BCUT2D eigenvalue weighted by molar-refractivity contribution is 0.573. The van der Waals surface area contributed by atoms with Gasteiger partial charge in [0.05, 0.1) is 16.6 Å². The second-order valence-corrected chi connectivity index (χ2v) is 4.44. The van der Waals surface area contributed by atoms with Crippen LogP contribution in [0.25, 0.3) is 11.5 Å². The average Bonchev–Trinajstić information content (AvgIpc) is 2.70. The van der Waals surface area contributed by atoms with E-state index in [0.717, 1.165) is 10.0 Å². The summed E-state index contributed by atoms with van der Waals surface area (Å²) in [5.74, 6) is 0.869. The smallest absolute Gasteiger partial charge is 0.226 e. The van der Waals surface area contributed by atoms with E-state index in [1.54, 1.807) is 6.07 Å². The quantitative estimate of drug-likeness (QED) is 0.764. The number of benzene rings is 1. The topological polar surface area (TPSA) is 26.0 Å². The summed E-state index contributed by atoms with van der Waals surface area (Å²) < 4.78 is 6.11. The fourth-order valence-corrected chi connectivity index (χ4v) is 1.68. The third kappa shape index (κ3) is 2.36. The first-order chi connectivity index (χ1) is 7.20. The molecule has 5 heteroatoms. The van der Waals surface area contributed by atoms with E-state index in [1.807, 2.05) is 12.1 Å². The minimum Gasteiger partial charge on any atom is -0.444 e. The molecule has 0 aliphatic carbocycles. The summed E-state index contributed by atoms with van der Waals surface area (Å²) >= 11 is 14.9. The maximum Gasteiger partial charge on any atom is 0.226 e. The van der Waals surface area contributed by atoms with Crippen molar-refractivity contribution in [3.05, 3.63) is 39.7 Å². The lowest BCUT2D eigenvalue weighted by Gasteiger charge is -1.98. The van der Waals surface area contributed by atoms with Crippen LogP contribution in [0, 0.1) is 0 Å². The Morgan fingerprint density at radius 1 is 1.40 bits per heavy atom. The van der Waals surface area contributed by atoms with Crippen molar-refractivity contribution in [3.8, 4) is 11.5 Å². The van der Waals surface area contributed by atoms with Crippen LogP contribution in [-0.2, 0) is 5.88 Å². The van der Waals surface area contributed by atoms with Gasteiger partial charge in [0.25, 0.3) is 0 Å². The highest BCUT2D eigenvalue weighted by Crippen LogP contribution is 2.28. The number of halogens is 3. The van der Waals surface area contributed by atoms with E-state index in [1.165, 1.54) is 6.26 Å². The number of oxazole rings is 1. The Hall–Kier alpha value is -0.510. The Bertz CT molecular complexity index is 484. The molecule has 15 heavy (non-hydrogen) atoms. The molecule has 0 bridgehead atoms. The first kappa shape index (κ1) is 11.0. The van der Waals surface area contributed by atoms with Gasteiger partial charge in [-0.2, -0.15) is 0 Å². The van der Waals surface area contributed by atoms with Crippen molar-refractivity contribution in [1.29, 1.82) is 0 Å². The zero-order valence-electron chi connectivity index (χ0n) is 7.51. The Morgan fingerprint density at radius 2 is 2.20 bits per heavy atom. The van der Waals surface area contributed by atoms with Crippen LogP contribution in [-0.4, -0.2) is 4.98 Å². The van der Waals surface area contributed by atoms with Crippen molar-refractivity contribution < 1.29 is 4.42 Å². The standard InChI is InChI=1S/C10H6BrCl2NO/c11-8-2-1-6(3-9(8)13)10-14-7(4-12)5-15-10/h1-3,5H,4H2. The fraction of sp³-hybridized carbons (Fsp3) is 0.100. The van der Waals surface area contributed by atoms with Gasteiger partial charge in [0.2, 0.25) is 5.89 Å². The highest BCUT2D eigenvalue weighted by molar-refractivity contribution is 9.10. The molecule has 1 aromatic heterocycles. The zero-order chi connectivity index (χ0) is 10.8. The van der Waals surface area contributed by atoms with E-state index >= 15 is 0 Å². The molecule has 2 nitrogen and oxygen atoms in total. The third-order valence-corrected chi connectivity index (χ3v) is 3.36. The second-order valence-electron chi connectivity index (χ2n) is 2.91. The van der Waals surface area contributed by atoms with E-state index < -0.39 is 0 Å². The minimum atomic E-state index is 0.341. The van der Waals surface area contributed by atoms with Gasteiger partial charge in [0.1, 0.15) is 6.26 Å². The van der Waals surface area contributed by atoms with Crippen molar-refractivity contribution >= 4 is 39.1 Å². The molecular weight excluding hydrogens is 301 g/mol. The predicted octanol–water partition coefficient (Wildman–Crippen LogP) is 4.50. The molecule has 0 aliphatic rings. The minimum absolute atomic E-state index is 0.341. The molecule has 0 saturated heterocycles. The summed E-state index contributed by atoms with van der Waals surface area (Å²) in [5, 5.41) is 0.623. The Balaban J connectivity index is 2.40. The SMILES string of the molecule is ClCc1coc(-c2ccc(Br)c(Cl)c2)n1. The number of nitrogens with zero attached hydrogens (tertiary/aromatic N) is 1. The Kier molecular flexibility index (Phi) is 3.34. The molecular formula is C10H6BrCl2NO. The molecule has 2 aromatic rings. The fourth-order valence-electron chi connectivity index (χ4n) is 1.13. The van der Waals surface area contributed by atoms with Crippen LogP contribution in [0.2, 0.25) is 5.02 Å². The molecule has 0 aliphatic heterocycles. The highest BCUT2D eigenvalue weighted by atomic mass is 79.9. The molecule has 0 spiro atoms. The Labute approximate surface area is 105 Å². The number of alkyl halides is 1. The number of hydrogen-bond donors (Lipinski definition) is 0. The number of rotatable bonds is 2. The lowest BCUT2D eigenvalue weighted by Crippen LogP contribution is -1.80. The maximum absolute atomic E-state index is 5.96. The van der Waals surface area contributed by atoms with Crippen molar-refractivity contribution in [2.24, 2.45) is 0 Å². The second kappa shape index (κ2) is 4.56. The van der Waals surface area contributed by atoms with Gasteiger partial charge in [-0.05, 0) is 34.1 Å². The normalized spacial score (nSPS) is 10.6. The molecule has 0 atom stereocenters. The van der Waals surface area contributed by atoms with Crippen LogP contribution in [0.4, 0.5) is 0 Å². The van der Waals surface area contributed by atoms with Gasteiger partial charge in [0.15, 0.2) is 0 Å². The summed E-state index contributed by atoms with van der Waals surface area (Å²) in [6.45, 7) is 0. The van der Waals surface area contributed by atoms with Crippen LogP contribution in [0.1, 0.15) is 5.69 Å². The van der Waals surface area contributed by atoms with Crippen LogP contribution in [0.3, 0.4) is 0 Å². The van der Waals surface area contributed by atoms with Gasteiger partial charge < -0.3 is 4.42 Å². The molecule has 0 saturated carbocycles. The summed E-state index contributed by atoms with van der Waals surface area (Å²) in [5.41, 5.74) is 1.55. The van der Waals surface area contributed by atoms with Crippen LogP contribution < -0.4 is 0 Å². The summed E-state index contributed by atoms with van der Waals surface area (Å²) in [7, 11) is 0. The molecule has 1 aromatic carbocycles. The molecule has 1 heterocycles. The van der Waals surface area contributed by atoms with Gasteiger partial charge >= 0.3 is 0 Å². The zero-order valence-corrected chi connectivity index (χ0v) is 10.6. The van der Waals surface area contributed by atoms with Crippen LogP contribution in [0.15, 0.2) is 33.4 Å². The lowest BCUT2D eigenvalue weighted by atomic mass is 10.2. The predicted molar refractivity (Wildman–Crippen MR) is 64.2 cm³/mol. The maximum atomic E-state index is 5.96. The van der Waals surface area contributed by atoms with Crippen molar-refractivity contribution in [2.45, 2.75) is 5.88 Å². The van der Waals surface area contributed by atoms with Crippen molar-refractivity contribution in [1.82, 2.24) is 4.98 Å². The van der Waals surface area contributed by atoms with Gasteiger partial charge in [0, 0.05) is 10.0 Å². The largest absolute Gasteiger partial charge is 0.444 e. The third-order valence-electron chi connectivity index (χ3n) is 1.86. The number of hydrogen-bond acceptors (Lipinski definition) is 2. The molecule has 0 fully saturated rings. The van der Waals surface area contributed by atoms with Crippen molar-refractivity contribution in [3.63, 3.8) is 0 Å². The van der Waals surface area contributed by atoms with E-state index in [0.29, 0.717) is 22.5 Å². The molecule has 0 radical (unpaired) electrons. The van der Waals surface area contributed by atoms with E-state index in [4.69, 9.17) is 27.6 Å². The van der Waals surface area contributed by atoms with E-state index in [-0.39, 0.29) is 0 Å². The summed E-state index contributed by atoms with van der Waals surface area (Å²) in [6.07, 6.45) is 1.54. The molecule has 0 unspecified atom stereocenters. The molecule has 0 N–H and O–H groups in total. The monoisotopic (exact) mass is 305 g/mol. The van der Waals surface area contributed by atoms with E-state index in [9.17, 15) is 0 Å². The van der Waals surface area contributed by atoms with Crippen LogP contribution >= 0.6 is 39.1 Å². The van der Waals surface area contributed by atoms with Crippen molar-refractivity contribution in [2.75, 3.05) is 0 Å². The highest BCUT2D eigenvalue weighted by Gasteiger charge is 2.07. The molecule has 0 amide bonds. The van der Waals surface area contributed by atoms with Gasteiger partial charge in [-0.3, -0.25) is 0 Å². The molecule has 78 valence electrons. The van der Waals surface area contributed by atoms with E-state index in [2.05, 4.69) is 20.9 Å². The van der Waals surface area contributed by atoms with Crippen LogP contribution in [0.5, 0.6) is 0 Å². The summed E-state index contributed by atoms with van der Waals surface area (Å²) in [6, 6.07) is 5.51. The first-order valence-corrected chi connectivity index (χ1v) is 5.87. The van der Waals surface area contributed by atoms with Gasteiger partial charge in [-0.25, -0.2) is 4.98 Å². The molecule has 2 rings (SSSR count). The summed E-state index contributed by atoms with van der Waals surface area (Å²) in [4.78, 5) is 4.20. The van der Waals surface area contributed by atoms with Gasteiger partial charge in [-0.15, -0.1) is 11.6 Å².